The molecule has 2 N–H and O–H groups in total. The number of rotatable bonds is 3. The van der Waals surface area contributed by atoms with Gasteiger partial charge in [-0.2, -0.15) is 0 Å². The van der Waals surface area contributed by atoms with Crippen LogP contribution in [0, 0.1) is 0 Å². The van der Waals surface area contributed by atoms with Crippen LogP contribution in [-0.4, -0.2) is 66.7 Å². The van der Waals surface area contributed by atoms with E-state index < -0.39 is 28.5 Å². The van der Waals surface area contributed by atoms with Crippen LogP contribution in [0.5, 0.6) is 0 Å². The highest BCUT2D eigenvalue weighted by Gasteiger charge is 2.30. The summed E-state index contributed by atoms with van der Waals surface area (Å²) in [6.45, 7) is -0.130. The van der Waals surface area contributed by atoms with Gasteiger partial charge in [0.15, 0.2) is 9.84 Å². The molecule has 1 aliphatic rings. The summed E-state index contributed by atoms with van der Waals surface area (Å²) in [4.78, 5) is 12.1. The van der Waals surface area contributed by atoms with E-state index in [4.69, 9.17) is 10.2 Å². The topological polar surface area (TPSA) is 94.9 Å². The molecule has 0 aromatic heterocycles. The van der Waals surface area contributed by atoms with Gasteiger partial charge in [-0.1, -0.05) is 0 Å². The van der Waals surface area contributed by atoms with Crippen LogP contribution in [0.1, 0.15) is 0 Å². The van der Waals surface area contributed by atoms with E-state index in [1.54, 1.807) is 0 Å². The lowest BCUT2D eigenvalue weighted by Crippen LogP contribution is -2.50. The molecule has 1 fully saturated rings. The van der Waals surface area contributed by atoms with E-state index in [0.29, 0.717) is 0 Å². The van der Waals surface area contributed by atoms with Gasteiger partial charge < -0.3 is 10.2 Å². The molecule has 82 valence electrons. The Hall–Kier alpha value is -0.660. The van der Waals surface area contributed by atoms with Crippen molar-refractivity contribution in [2.75, 3.05) is 31.2 Å². The maximum Gasteiger partial charge on any atom is 0.323 e. The van der Waals surface area contributed by atoms with Crippen molar-refractivity contribution >= 4 is 15.8 Å². The molecule has 0 radical (unpaired) electrons. The van der Waals surface area contributed by atoms with Gasteiger partial charge >= 0.3 is 5.97 Å². The lowest BCUT2D eigenvalue weighted by molar-refractivity contribution is -0.144. The SMILES string of the molecule is O=C(O)[C@@H](CO)N1CCS(=O)(=O)CC1. The third-order valence-corrected chi connectivity index (χ3v) is 3.89. The number of sulfone groups is 1. The molecule has 1 rings (SSSR count). The second kappa shape index (κ2) is 4.24. The lowest BCUT2D eigenvalue weighted by atomic mass is 10.2. The normalized spacial score (nSPS) is 24.4. The first-order valence-corrected chi connectivity index (χ1v) is 6.06. The molecule has 0 bridgehead atoms. The molecule has 1 aliphatic heterocycles. The number of carbonyl (C=O) groups is 1. The average Bonchev–Trinajstić information content (AvgIpc) is 2.08. The monoisotopic (exact) mass is 223 g/mol. The van der Waals surface area contributed by atoms with Crippen molar-refractivity contribution in [1.82, 2.24) is 4.90 Å². The molecule has 7 heteroatoms. The maximum absolute atomic E-state index is 11.0. The molecule has 1 saturated heterocycles. The number of carboxylic acids is 1. The van der Waals surface area contributed by atoms with Crippen LogP contribution >= 0.6 is 0 Å². The van der Waals surface area contributed by atoms with E-state index in [9.17, 15) is 13.2 Å². The van der Waals surface area contributed by atoms with E-state index in [0.717, 1.165) is 0 Å². The Morgan fingerprint density at radius 3 is 2.21 bits per heavy atom. The smallest absolute Gasteiger partial charge is 0.323 e. The highest BCUT2D eigenvalue weighted by atomic mass is 32.2. The summed E-state index contributed by atoms with van der Waals surface area (Å²) in [5.74, 6) is -1.18. The number of hydrogen-bond acceptors (Lipinski definition) is 5. The zero-order valence-corrected chi connectivity index (χ0v) is 8.40. The summed E-state index contributed by atoms with van der Waals surface area (Å²) in [5, 5.41) is 17.5. The van der Waals surface area contributed by atoms with Gasteiger partial charge in [-0.3, -0.25) is 9.69 Å². The van der Waals surface area contributed by atoms with Crippen molar-refractivity contribution in [2.24, 2.45) is 0 Å². The summed E-state index contributed by atoms with van der Waals surface area (Å²) in [6.07, 6.45) is 0. The van der Waals surface area contributed by atoms with Crippen molar-refractivity contribution in [3.63, 3.8) is 0 Å². The minimum absolute atomic E-state index is 0.0310. The standard InChI is InChI=1S/C7H13NO5S/c9-5-6(7(10)11)8-1-3-14(12,13)4-2-8/h6,9H,1-5H2,(H,10,11)/t6-/m1/s1. The first-order valence-electron chi connectivity index (χ1n) is 4.24. The first kappa shape index (κ1) is 11.4. The van der Waals surface area contributed by atoms with Crippen molar-refractivity contribution in [1.29, 1.82) is 0 Å². The molecule has 0 spiro atoms. The van der Waals surface area contributed by atoms with Crippen molar-refractivity contribution < 1.29 is 23.4 Å². The molecular weight excluding hydrogens is 210 g/mol. The molecule has 0 unspecified atom stereocenters. The molecule has 14 heavy (non-hydrogen) atoms. The highest BCUT2D eigenvalue weighted by Crippen LogP contribution is 2.07. The van der Waals surface area contributed by atoms with E-state index in [2.05, 4.69) is 0 Å². The third kappa shape index (κ3) is 2.66. The second-order valence-corrected chi connectivity index (χ2v) is 5.53. The van der Waals surface area contributed by atoms with Gasteiger partial charge in [0.25, 0.3) is 0 Å². The van der Waals surface area contributed by atoms with Gasteiger partial charge in [-0.15, -0.1) is 0 Å². The van der Waals surface area contributed by atoms with Crippen LogP contribution < -0.4 is 0 Å². The molecule has 1 heterocycles. The predicted octanol–water partition coefficient (Wildman–Crippen LogP) is -1.84. The summed E-state index contributed by atoms with van der Waals surface area (Å²) in [6, 6.07) is -0.981. The van der Waals surface area contributed by atoms with Crippen molar-refractivity contribution in [3.8, 4) is 0 Å². The Labute approximate surface area is 82.1 Å². The Morgan fingerprint density at radius 2 is 1.86 bits per heavy atom. The van der Waals surface area contributed by atoms with Gasteiger partial charge in [0.2, 0.25) is 0 Å². The van der Waals surface area contributed by atoms with Gasteiger partial charge in [0.05, 0.1) is 18.1 Å². The van der Waals surface area contributed by atoms with Crippen molar-refractivity contribution in [3.05, 3.63) is 0 Å². The average molecular weight is 223 g/mol. The summed E-state index contributed by atoms with van der Waals surface area (Å²) >= 11 is 0. The Kier molecular flexibility index (Phi) is 3.46. The molecule has 0 aromatic rings. The van der Waals surface area contributed by atoms with Crippen LogP contribution in [-0.2, 0) is 14.6 Å². The first-order chi connectivity index (χ1) is 6.46. The fourth-order valence-electron chi connectivity index (χ4n) is 1.39. The fourth-order valence-corrected chi connectivity index (χ4v) is 2.62. The number of nitrogens with zero attached hydrogens (tertiary/aromatic N) is 1. The zero-order valence-electron chi connectivity index (χ0n) is 7.59. The third-order valence-electron chi connectivity index (χ3n) is 2.28. The Balaban J connectivity index is 2.60. The minimum atomic E-state index is -3.00. The maximum atomic E-state index is 11.0. The van der Waals surface area contributed by atoms with Crippen molar-refractivity contribution in [2.45, 2.75) is 6.04 Å². The molecule has 1 atom stereocenters. The number of aliphatic hydroxyl groups excluding tert-OH is 1. The number of aliphatic hydroxyl groups is 1. The summed E-state index contributed by atoms with van der Waals surface area (Å²) < 4.78 is 22.1. The molecule has 0 aliphatic carbocycles. The fraction of sp³-hybridized carbons (Fsp3) is 0.857. The summed E-state index contributed by atoms with van der Waals surface area (Å²) in [7, 11) is -3.00. The van der Waals surface area contributed by atoms with Gasteiger partial charge in [-0.05, 0) is 0 Å². The van der Waals surface area contributed by atoms with Crippen LogP contribution in [0.3, 0.4) is 0 Å². The predicted molar refractivity (Wildman–Crippen MR) is 48.7 cm³/mol. The minimum Gasteiger partial charge on any atom is -0.480 e. The van der Waals surface area contributed by atoms with Gasteiger partial charge in [-0.25, -0.2) is 8.42 Å². The van der Waals surface area contributed by atoms with Gasteiger partial charge in [0.1, 0.15) is 6.04 Å². The molecular formula is C7H13NO5S. The van der Waals surface area contributed by atoms with Crippen LogP contribution in [0.2, 0.25) is 0 Å². The van der Waals surface area contributed by atoms with E-state index in [-0.39, 0.29) is 24.6 Å². The summed E-state index contributed by atoms with van der Waals surface area (Å²) in [5.41, 5.74) is 0. The van der Waals surface area contributed by atoms with Crippen LogP contribution in [0.4, 0.5) is 0 Å². The van der Waals surface area contributed by atoms with Gasteiger partial charge in [0, 0.05) is 13.1 Å². The lowest BCUT2D eigenvalue weighted by Gasteiger charge is -2.30. The number of hydrogen-bond donors (Lipinski definition) is 2. The number of carboxylic acid groups (broad SMARTS) is 1. The highest BCUT2D eigenvalue weighted by molar-refractivity contribution is 7.91. The Bertz CT molecular complexity index is 298. The largest absolute Gasteiger partial charge is 0.480 e. The molecule has 0 aromatic carbocycles. The van der Waals surface area contributed by atoms with E-state index >= 15 is 0 Å². The van der Waals surface area contributed by atoms with Crippen LogP contribution in [0.15, 0.2) is 0 Å². The van der Waals surface area contributed by atoms with E-state index in [1.165, 1.54) is 4.90 Å². The molecule has 0 saturated carbocycles. The van der Waals surface area contributed by atoms with Crippen LogP contribution in [0.25, 0.3) is 0 Å². The Morgan fingerprint density at radius 1 is 1.36 bits per heavy atom. The molecule has 0 amide bonds. The number of aliphatic carboxylic acids is 1. The van der Waals surface area contributed by atoms with E-state index in [1.807, 2.05) is 0 Å². The quantitative estimate of drug-likeness (QED) is 0.584. The second-order valence-electron chi connectivity index (χ2n) is 3.22. The zero-order chi connectivity index (χ0) is 10.8. The molecule has 6 nitrogen and oxygen atoms in total.